The summed E-state index contributed by atoms with van der Waals surface area (Å²) in [6.45, 7) is 0.0739. The number of nitrogens with zero attached hydrogens (tertiary/aromatic N) is 1. The molecular formula is C17H15N3O6S. The molecule has 1 fully saturated rings. The van der Waals surface area contributed by atoms with E-state index in [1.54, 1.807) is 18.2 Å². The molecule has 4 rings (SSSR count). The number of fused-ring (bicyclic) bond motifs is 1. The lowest BCUT2D eigenvalue weighted by Crippen LogP contribution is -2.52. The van der Waals surface area contributed by atoms with Crippen LogP contribution >= 0.6 is 0 Å². The number of furan rings is 1. The van der Waals surface area contributed by atoms with E-state index in [-0.39, 0.29) is 41.8 Å². The Hall–Kier alpha value is -3.14. The van der Waals surface area contributed by atoms with Gasteiger partial charge in [0, 0.05) is 24.1 Å². The van der Waals surface area contributed by atoms with E-state index in [2.05, 4.69) is 10.0 Å². The second-order valence-electron chi connectivity index (χ2n) is 6.30. The zero-order valence-corrected chi connectivity index (χ0v) is 14.8. The number of hydrogen-bond donors (Lipinski definition) is 2. The van der Waals surface area contributed by atoms with Crippen LogP contribution < -0.4 is 10.0 Å². The van der Waals surface area contributed by atoms with Gasteiger partial charge in [-0.15, -0.1) is 0 Å². The number of benzene rings is 1. The van der Waals surface area contributed by atoms with Crippen molar-refractivity contribution in [3.05, 3.63) is 47.9 Å². The molecule has 0 saturated carbocycles. The molecule has 9 nitrogen and oxygen atoms in total. The molecule has 0 spiro atoms. The van der Waals surface area contributed by atoms with Crippen LogP contribution in [0.1, 0.15) is 28.8 Å². The lowest BCUT2D eigenvalue weighted by Gasteiger charge is -2.29. The highest BCUT2D eigenvalue weighted by atomic mass is 32.2. The van der Waals surface area contributed by atoms with E-state index in [0.29, 0.717) is 11.1 Å². The molecule has 1 atom stereocenters. The number of rotatable bonds is 4. The highest BCUT2D eigenvalue weighted by Crippen LogP contribution is 2.33. The second-order valence-corrected chi connectivity index (χ2v) is 7.98. The van der Waals surface area contributed by atoms with Crippen LogP contribution in [0.25, 0.3) is 0 Å². The normalized spacial score (nSPS) is 19.8. The molecule has 27 heavy (non-hydrogen) atoms. The molecule has 2 aliphatic rings. The molecule has 0 aliphatic carbocycles. The zero-order valence-electron chi connectivity index (χ0n) is 14.0. The van der Waals surface area contributed by atoms with Crippen molar-refractivity contribution in [1.82, 2.24) is 10.2 Å². The van der Waals surface area contributed by atoms with Crippen molar-refractivity contribution in [3.63, 3.8) is 0 Å². The monoisotopic (exact) mass is 389 g/mol. The van der Waals surface area contributed by atoms with Gasteiger partial charge in [-0.05, 0) is 24.6 Å². The number of piperidine rings is 1. The van der Waals surface area contributed by atoms with Gasteiger partial charge < -0.3 is 9.32 Å². The van der Waals surface area contributed by atoms with Crippen molar-refractivity contribution >= 4 is 33.4 Å². The lowest BCUT2D eigenvalue weighted by atomic mass is 10.0. The van der Waals surface area contributed by atoms with Crippen molar-refractivity contribution < 1.29 is 27.2 Å². The number of carbonyl (C=O) groups is 3. The minimum Gasteiger partial charge on any atom is -0.471 e. The number of sulfonamides is 1. The Kier molecular flexibility index (Phi) is 3.99. The molecule has 3 heterocycles. The summed E-state index contributed by atoms with van der Waals surface area (Å²) < 4.78 is 32.2. The van der Waals surface area contributed by atoms with Crippen LogP contribution in [-0.4, -0.2) is 37.1 Å². The number of anilines is 1. The molecule has 1 unspecified atom stereocenters. The highest BCUT2D eigenvalue weighted by Gasteiger charge is 2.40. The Balaban J connectivity index is 1.63. The van der Waals surface area contributed by atoms with Gasteiger partial charge in [-0.3, -0.25) is 24.4 Å². The lowest BCUT2D eigenvalue weighted by molar-refractivity contribution is -0.136. The minimum atomic E-state index is -3.87. The number of imide groups is 1. The Labute approximate surface area is 154 Å². The van der Waals surface area contributed by atoms with E-state index < -0.39 is 22.0 Å². The standard InChI is InChI=1S/C17H15N3O6S/c21-15-5-4-14(16(22)18-15)20-8-12-11(17(20)23)2-1-3-13(12)19-27(24,25)10-6-7-26-9-10/h1-3,6-7,9,14,19H,4-5,8H2,(H,18,21,22). The van der Waals surface area contributed by atoms with Gasteiger partial charge in [-0.25, -0.2) is 8.42 Å². The third kappa shape index (κ3) is 2.97. The van der Waals surface area contributed by atoms with Gasteiger partial charge in [-0.1, -0.05) is 6.07 Å². The Morgan fingerprint density at radius 2 is 2.00 bits per heavy atom. The average molecular weight is 389 g/mol. The molecule has 3 amide bonds. The Morgan fingerprint density at radius 1 is 1.19 bits per heavy atom. The topological polar surface area (TPSA) is 126 Å². The summed E-state index contributed by atoms with van der Waals surface area (Å²) in [6, 6.07) is 5.25. The molecule has 10 heteroatoms. The van der Waals surface area contributed by atoms with Crippen LogP contribution in [0.5, 0.6) is 0 Å². The molecular weight excluding hydrogens is 374 g/mol. The molecule has 0 radical (unpaired) electrons. The van der Waals surface area contributed by atoms with Gasteiger partial charge in [0.25, 0.3) is 15.9 Å². The van der Waals surface area contributed by atoms with Crippen LogP contribution in [0.4, 0.5) is 5.69 Å². The summed E-state index contributed by atoms with van der Waals surface area (Å²) in [5.74, 6) is -1.26. The number of carbonyl (C=O) groups excluding carboxylic acids is 3. The van der Waals surface area contributed by atoms with E-state index in [1.807, 2.05) is 0 Å². The SMILES string of the molecule is O=C1CCC(N2Cc3c(NS(=O)(=O)c4ccoc4)cccc3C2=O)C(=O)N1. The second kappa shape index (κ2) is 6.23. The maximum Gasteiger partial charge on any atom is 0.265 e. The summed E-state index contributed by atoms with van der Waals surface area (Å²) in [4.78, 5) is 37.5. The quantitative estimate of drug-likeness (QED) is 0.747. The first-order chi connectivity index (χ1) is 12.9. The maximum atomic E-state index is 12.7. The third-order valence-electron chi connectivity index (χ3n) is 4.63. The third-order valence-corrected chi connectivity index (χ3v) is 5.97. The van der Waals surface area contributed by atoms with Gasteiger partial charge in [0.1, 0.15) is 17.2 Å². The van der Waals surface area contributed by atoms with Crippen molar-refractivity contribution in [3.8, 4) is 0 Å². The molecule has 2 aliphatic heterocycles. The van der Waals surface area contributed by atoms with Gasteiger partial charge in [0.2, 0.25) is 11.8 Å². The van der Waals surface area contributed by atoms with Gasteiger partial charge in [0.05, 0.1) is 12.0 Å². The predicted molar refractivity (Wildman–Crippen MR) is 92.0 cm³/mol. The van der Waals surface area contributed by atoms with Crippen molar-refractivity contribution in [2.24, 2.45) is 0 Å². The fourth-order valence-corrected chi connectivity index (χ4v) is 4.31. The van der Waals surface area contributed by atoms with Gasteiger partial charge in [-0.2, -0.15) is 0 Å². The first-order valence-corrected chi connectivity index (χ1v) is 9.67. The molecule has 140 valence electrons. The number of hydrogen-bond acceptors (Lipinski definition) is 6. The van der Waals surface area contributed by atoms with Crippen LogP contribution in [0.15, 0.2) is 46.1 Å². The van der Waals surface area contributed by atoms with E-state index in [0.717, 1.165) is 6.26 Å². The molecule has 2 N–H and O–H groups in total. The van der Waals surface area contributed by atoms with Crippen LogP contribution in [0.3, 0.4) is 0 Å². The van der Waals surface area contributed by atoms with Crippen molar-refractivity contribution in [2.45, 2.75) is 30.3 Å². The van der Waals surface area contributed by atoms with E-state index in [1.165, 1.54) is 17.2 Å². The molecule has 0 bridgehead atoms. The summed E-state index contributed by atoms with van der Waals surface area (Å²) in [6.07, 6.45) is 2.74. The molecule has 1 aromatic heterocycles. The van der Waals surface area contributed by atoms with E-state index >= 15 is 0 Å². The Bertz CT molecular complexity index is 1040. The van der Waals surface area contributed by atoms with Gasteiger partial charge >= 0.3 is 0 Å². The summed E-state index contributed by atoms with van der Waals surface area (Å²) in [5.41, 5.74) is 1.07. The first kappa shape index (κ1) is 17.3. The smallest absolute Gasteiger partial charge is 0.265 e. The van der Waals surface area contributed by atoms with Crippen LogP contribution in [0, 0.1) is 0 Å². The van der Waals surface area contributed by atoms with Crippen LogP contribution in [-0.2, 0) is 26.2 Å². The largest absolute Gasteiger partial charge is 0.471 e. The first-order valence-electron chi connectivity index (χ1n) is 8.18. The maximum absolute atomic E-state index is 12.7. The van der Waals surface area contributed by atoms with Crippen LogP contribution in [0.2, 0.25) is 0 Å². The van der Waals surface area contributed by atoms with E-state index in [4.69, 9.17) is 4.42 Å². The summed E-state index contributed by atoms with van der Waals surface area (Å²) >= 11 is 0. The molecule has 1 aromatic carbocycles. The fraction of sp³-hybridized carbons (Fsp3) is 0.235. The van der Waals surface area contributed by atoms with Gasteiger partial charge in [0.15, 0.2) is 0 Å². The summed E-state index contributed by atoms with van der Waals surface area (Å²) in [5, 5.41) is 2.23. The Morgan fingerprint density at radius 3 is 2.70 bits per heavy atom. The minimum absolute atomic E-state index is 0.0357. The van der Waals surface area contributed by atoms with Crippen molar-refractivity contribution in [2.75, 3.05) is 4.72 Å². The summed E-state index contributed by atoms with van der Waals surface area (Å²) in [7, 11) is -3.87. The number of amides is 3. The molecule has 2 aromatic rings. The van der Waals surface area contributed by atoms with Crippen molar-refractivity contribution in [1.29, 1.82) is 0 Å². The molecule has 1 saturated heterocycles. The highest BCUT2D eigenvalue weighted by molar-refractivity contribution is 7.92. The zero-order chi connectivity index (χ0) is 19.2. The fourth-order valence-electron chi connectivity index (χ4n) is 3.29. The predicted octanol–water partition coefficient (Wildman–Crippen LogP) is 0.841. The number of nitrogens with one attached hydrogen (secondary N) is 2. The van der Waals surface area contributed by atoms with E-state index in [9.17, 15) is 22.8 Å². The average Bonchev–Trinajstić information content (AvgIpc) is 3.25.